The number of hydrogen-bond donors (Lipinski definition) is 0. The molecule has 0 radical (unpaired) electrons. The van der Waals surface area contributed by atoms with Crippen LogP contribution < -0.4 is 9.47 Å². The molecule has 0 bridgehead atoms. The van der Waals surface area contributed by atoms with E-state index in [0.717, 1.165) is 37.9 Å². The lowest BCUT2D eigenvalue weighted by molar-refractivity contribution is -0.145. The van der Waals surface area contributed by atoms with Crippen LogP contribution in [0, 0.1) is 6.92 Å². The molecule has 1 aromatic carbocycles. The molecule has 0 saturated carbocycles. The van der Waals surface area contributed by atoms with Gasteiger partial charge in [-0.2, -0.15) is 5.10 Å². The number of nitrogens with zero attached hydrogens (tertiary/aromatic N) is 3. The average Bonchev–Trinajstić information content (AvgIpc) is 3.06. The Labute approximate surface area is 147 Å². The minimum absolute atomic E-state index is 0.0167. The van der Waals surface area contributed by atoms with Gasteiger partial charge in [0.1, 0.15) is 6.61 Å². The van der Waals surface area contributed by atoms with Gasteiger partial charge in [0.25, 0.3) is 5.91 Å². The van der Waals surface area contributed by atoms with Gasteiger partial charge in [-0.05, 0) is 43.9 Å². The first-order valence-electron chi connectivity index (χ1n) is 8.89. The first kappa shape index (κ1) is 16.0. The molecular weight excluding hydrogens is 318 g/mol. The number of para-hydroxylation sites is 2. The van der Waals surface area contributed by atoms with E-state index in [1.54, 1.807) is 0 Å². The largest absolute Gasteiger partial charge is 0.485 e. The van der Waals surface area contributed by atoms with E-state index in [1.807, 2.05) is 53.2 Å². The van der Waals surface area contributed by atoms with Crippen molar-refractivity contribution in [3.63, 3.8) is 0 Å². The monoisotopic (exact) mass is 341 g/mol. The summed E-state index contributed by atoms with van der Waals surface area (Å²) in [5.41, 5.74) is 1.13. The number of piperidine rings is 1. The van der Waals surface area contributed by atoms with Crippen molar-refractivity contribution in [1.82, 2.24) is 14.7 Å². The number of ether oxygens (including phenoxy) is 2. The van der Waals surface area contributed by atoms with Crippen molar-refractivity contribution in [2.45, 2.75) is 44.9 Å². The standard InChI is InChI=1S/C19H23N3O3/c1-14-10-20-21(11-14)12-15-6-4-5-9-22(15)19(23)18-13-24-16-7-2-3-8-17(16)25-18/h2-3,7-8,10-11,15,18H,4-6,9,12-13H2,1H3/t15-,18-/m1/s1. The second-order valence-electron chi connectivity index (χ2n) is 6.79. The summed E-state index contributed by atoms with van der Waals surface area (Å²) in [6.07, 6.45) is 6.46. The van der Waals surface area contributed by atoms with E-state index < -0.39 is 6.10 Å². The van der Waals surface area contributed by atoms with E-state index in [4.69, 9.17) is 9.47 Å². The van der Waals surface area contributed by atoms with Crippen molar-refractivity contribution in [2.24, 2.45) is 0 Å². The quantitative estimate of drug-likeness (QED) is 0.860. The Morgan fingerprint density at radius 3 is 2.92 bits per heavy atom. The van der Waals surface area contributed by atoms with E-state index in [2.05, 4.69) is 5.10 Å². The molecule has 6 heteroatoms. The van der Waals surface area contributed by atoms with Gasteiger partial charge in [-0.3, -0.25) is 9.48 Å². The Bertz CT molecular complexity index is 758. The van der Waals surface area contributed by atoms with Crippen LogP contribution in [-0.4, -0.2) is 45.9 Å². The zero-order valence-corrected chi connectivity index (χ0v) is 14.4. The zero-order chi connectivity index (χ0) is 17.2. The van der Waals surface area contributed by atoms with Gasteiger partial charge in [0.15, 0.2) is 11.5 Å². The summed E-state index contributed by atoms with van der Waals surface area (Å²) in [6.45, 7) is 3.78. The predicted octanol–water partition coefficient (Wildman–Crippen LogP) is 2.41. The molecule has 2 aliphatic rings. The number of carbonyl (C=O) groups is 1. The number of aryl methyl sites for hydroxylation is 1. The molecule has 1 amide bonds. The Balaban J connectivity index is 1.47. The van der Waals surface area contributed by atoms with Crippen molar-refractivity contribution >= 4 is 5.91 Å². The third-order valence-electron chi connectivity index (χ3n) is 4.85. The van der Waals surface area contributed by atoms with Gasteiger partial charge in [0, 0.05) is 12.7 Å². The van der Waals surface area contributed by atoms with Crippen molar-refractivity contribution in [2.75, 3.05) is 13.2 Å². The maximum Gasteiger partial charge on any atom is 0.267 e. The summed E-state index contributed by atoms with van der Waals surface area (Å²) in [5.74, 6) is 1.36. The van der Waals surface area contributed by atoms with Crippen LogP contribution >= 0.6 is 0 Å². The molecule has 0 N–H and O–H groups in total. The molecule has 132 valence electrons. The smallest absolute Gasteiger partial charge is 0.267 e. The second-order valence-corrected chi connectivity index (χ2v) is 6.79. The molecule has 0 aliphatic carbocycles. The molecule has 0 spiro atoms. The van der Waals surface area contributed by atoms with E-state index in [1.165, 1.54) is 0 Å². The second kappa shape index (κ2) is 6.78. The number of rotatable bonds is 3. The highest BCUT2D eigenvalue weighted by Crippen LogP contribution is 2.32. The molecule has 0 unspecified atom stereocenters. The van der Waals surface area contributed by atoms with Crippen LogP contribution in [-0.2, 0) is 11.3 Å². The lowest BCUT2D eigenvalue weighted by atomic mass is 10.0. The fourth-order valence-electron chi connectivity index (χ4n) is 3.59. The zero-order valence-electron chi connectivity index (χ0n) is 14.4. The van der Waals surface area contributed by atoms with Crippen molar-refractivity contribution in [3.8, 4) is 11.5 Å². The first-order chi connectivity index (χ1) is 12.2. The van der Waals surface area contributed by atoms with Crippen molar-refractivity contribution in [3.05, 3.63) is 42.2 Å². The number of aromatic nitrogens is 2. The highest BCUT2D eigenvalue weighted by Gasteiger charge is 2.35. The Morgan fingerprint density at radius 1 is 1.28 bits per heavy atom. The molecule has 6 nitrogen and oxygen atoms in total. The topological polar surface area (TPSA) is 56.6 Å². The number of amides is 1. The highest BCUT2D eigenvalue weighted by molar-refractivity contribution is 5.82. The summed E-state index contributed by atoms with van der Waals surface area (Å²) >= 11 is 0. The number of fused-ring (bicyclic) bond motifs is 1. The number of benzene rings is 1. The molecule has 1 aromatic heterocycles. The molecule has 1 fully saturated rings. The van der Waals surface area contributed by atoms with Crippen LogP contribution in [0.5, 0.6) is 11.5 Å². The van der Waals surface area contributed by atoms with Gasteiger partial charge in [0.05, 0.1) is 18.8 Å². The maximum atomic E-state index is 13.1. The van der Waals surface area contributed by atoms with E-state index in [-0.39, 0.29) is 18.6 Å². The van der Waals surface area contributed by atoms with E-state index in [0.29, 0.717) is 11.5 Å². The molecule has 2 aromatic rings. The van der Waals surface area contributed by atoms with Crippen molar-refractivity contribution < 1.29 is 14.3 Å². The molecule has 1 saturated heterocycles. The molecule has 25 heavy (non-hydrogen) atoms. The summed E-state index contributed by atoms with van der Waals surface area (Å²) in [6, 6.07) is 7.64. The van der Waals surface area contributed by atoms with Crippen LogP contribution in [0.1, 0.15) is 24.8 Å². The number of carbonyl (C=O) groups excluding carboxylic acids is 1. The van der Waals surface area contributed by atoms with E-state index >= 15 is 0 Å². The number of hydrogen-bond acceptors (Lipinski definition) is 4. The highest BCUT2D eigenvalue weighted by atomic mass is 16.6. The normalized spacial score (nSPS) is 22.7. The van der Waals surface area contributed by atoms with Crippen LogP contribution in [0.2, 0.25) is 0 Å². The van der Waals surface area contributed by atoms with Gasteiger partial charge in [-0.25, -0.2) is 0 Å². The van der Waals surface area contributed by atoms with Gasteiger partial charge in [-0.15, -0.1) is 0 Å². The van der Waals surface area contributed by atoms with E-state index in [9.17, 15) is 4.79 Å². The van der Waals surface area contributed by atoms with Crippen LogP contribution in [0.15, 0.2) is 36.7 Å². The summed E-state index contributed by atoms with van der Waals surface area (Å²) < 4.78 is 13.6. The molecule has 2 atom stereocenters. The van der Waals surface area contributed by atoms with Crippen LogP contribution in [0.25, 0.3) is 0 Å². The van der Waals surface area contributed by atoms with Crippen LogP contribution in [0.3, 0.4) is 0 Å². The molecule has 4 rings (SSSR count). The SMILES string of the molecule is Cc1cnn(C[C@H]2CCCCN2C(=O)[C@H]2COc3ccccc3O2)c1. The minimum Gasteiger partial charge on any atom is -0.485 e. The Morgan fingerprint density at radius 2 is 2.12 bits per heavy atom. The lowest BCUT2D eigenvalue weighted by Crippen LogP contribution is -2.53. The Kier molecular flexibility index (Phi) is 4.34. The lowest BCUT2D eigenvalue weighted by Gasteiger charge is -2.38. The maximum absolute atomic E-state index is 13.1. The minimum atomic E-state index is -0.574. The fraction of sp³-hybridized carbons (Fsp3) is 0.474. The fourth-order valence-corrected chi connectivity index (χ4v) is 3.59. The Hall–Kier alpha value is -2.50. The van der Waals surface area contributed by atoms with Crippen LogP contribution in [0.4, 0.5) is 0 Å². The molecule has 2 aliphatic heterocycles. The van der Waals surface area contributed by atoms with Gasteiger partial charge >= 0.3 is 0 Å². The summed E-state index contributed by atoms with van der Waals surface area (Å²) in [5, 5.41) is 4.37. The molecular formula is C19H23N3O3. The third-order valence-corrected chi connectivity index (χ3v) is 4.85. The summed E-state index contributed by atoms with van der Waals surface area (Å²) in [4.78, 5) is 15.0. The van der Waals surface area contributed by atoms with Crippen molar-refractivity contribution in [1.29, 1.82) is 0 Å². The van der Waals surface area contributed by atoms with Gasteiger partial charge < -0.3 is 14.4 Å². The third kappa shape index (κ3) is 3.34. The van der Waals surface area contributed by atoms with Gasteiger partial charge in [0.2, 0.25) is 6.10 Å². The first-order valence-corrected chi connectivity index (χ1v) is 8.89. The predicted molar refractivity (Wildman–Crippen MR) is 92.7 cm³/mol. The molecule has 3 heterocycles. The van der Waals surface area contributed by atoms with Gasteiger partial charge in [-0.1, -0.05) is 12.1 Å². The average molecular weight is 341 g/mol. The summed E-state index contributed by atoms with van der Waals surface area (Å²) in [7, 11) is 0. The number of likely N-dealkylation sites (tertiary alicyclic amines) is 1.